The van der Waals surface area contributed by atoms with Crippen molar-refractivity contribution in [3.05, 3.63) is 66.4 Å². The number of ether oxygens (including phenoxy) is 1. The van der Waals surface area contributed by atoms with Gasteiger partial charge >= 0.3 is 0 Å². The Morgan fingerprint density at radius 1 is 1.00 bits per heavy atom. The molecule has 0 saturated carbocycles. The van der Waals surface area contributed by atoms with E-state index in [9.17, 15) is 4.79 Å². The van der Waals surface area contributed by atoms with Crippen molar-refractivity contribution in [2.75, 3.05) is 43.3 Å². The van der Waals surface area contributed by atoms with E-state index in [1.54, 1.807) is 6.20 Å². The molecular formula is C25H28N4O2. The van der Waals surface area contributed by atoms with Gasteiger partial charge in [-0.05, 0) is 54.4 Å². The van der Waals surface area contributed by atoms with E-state index in [1.165, 1.54) is 0 Å². The Labute approximate surface area is 183 Å². The standard InChI is InChI=1S/C25H28N4O2/c1-25(24(30)27-18-7-6-8-20(15-18)29(4)5)16-22-21(13-14-26-23(22)31-25)17-9-11-19(12-10-17)28(2)3/h6-15H,16H2,1-5H3,(H,27,30). The van der Waals surface area contributed by atoms with Gasteiger partial charge in [-0.25, -0.2) is 4.98 Å². The van der Waals surface area contributed by atoms with Crippen LogP contribution in [0.25, 0.3) is 11.1 Å². The van der Waals surface area contributed by atoms with Gasteiger partial charge in [-0.2, -0.15) is 0 Å². The molecule has 0 fully saturated rings. The summed E-state index contributed by atoms with van der Waals surface area (Å²) in [5.74, 6) is 0.337. The average Bonchev–Trinajstić information content (AvgIpc) is 3.11. The van der Waals surface area contributed by atoms with Gasteiger partial charge < -0.3 is 19.9 Å². The first-order valence-corrected chi connectivity index (χ1v) is 10.3. The van der Waals surface area contributed by atoms with Crippen molar-refractivity contribution < 1.29 is 9.53 Å². The monoisotopic (exact) mass is 416 g/mol. The number of hydrogen-bond donors (Lipinski definition) is 1. The van der Waals surface area contributed by atoms with Gasteiger partial charge in [0.25, 0.3) is 5.91 Å². The highest BCUT2D eigenvalue weighted by Crippen LogP contribution is 2.40. The van der Waals surface area contributed by atoms with Crippen LogP contribution < -0.4 is 19.9 Å². The van der Waals surface area contributed by atoms with Crippen molar-refractivity contribution in [2.24, 2.45) is 0 Å². The maximum atomic E-state index is 13.2. The molecule has 0 saturated heterocycles. The van der Waals surface area contributed by atoms with Gasteiger partial charge in [0.05, 0.1) is 0 Å². The van der Waals surface area contributed by atoms with Gasteiger partial charge in [0.1, 0.15) is 0 Å². The number of amides is 1. The lowest BCUT2D eigenvalue weighted by Gasteiger charge is -2.23. The van der Waals surface area contributed by atoms with Gasteiger partial charge in [-0.1, -0.05) is 18.2 Å². The molecule has 1 N–H and O–H groups in total. The fraction of sp³-hybridized carbons (Fsp3) is 0.280. The predicted octanol–water partition coefficient (Wildman–Crippen LogP) is 4.21. The molecule has 1 aliphatic rings. The highest BCUT2D eigenvalue weighted by Gasteiger charge is 2.44. The smallest absolute Gasteiger partial charge is 0.268 e. The summed E-state index contributed by atoms with van der Waals surface area (Å²) in [7, 11) is 7.98. The van der Waals surface area contributed by atoms with Crippen LogP contribution in [-0.4, -0.2) is 44.7 Å². The Bertz CT molecular complexity index is 1110. The summed E-state index contributed by atoms with van der Waals surface area (Å²) in [6, 6.07) is 18.1. The summed E-state index contributed by atoms with van der Waals surface area (Å²) >= 11 is 0. The van der Waals surface area contributed by atoms with E-state index in [0.29, 0.717) is 12.3 Å². The lowest BCUT2D eigenvalue weighted by molar-refractivity contribution is -0.128. The first-order valence-electron chi connectivity index (χ1n) is 10.3. The Balaban J connectivity index is 1.58. The molecule has 3 aromatic rings. The van der Waals surface area contributed by atoms with E-state index in [4.69, 9.17) is 4.74 Å². The molecule has 1 unspecified atom stereocenters. The summed E-state index contributed by atoms with van der Waals surface area (Å²) in [6.07, 6.45) is 2.19. The van der Waals surface area contributed by atoms with Crippen molar-refractivity contribution in [3.63, 3.8) is 0 Å². The molecule has 2 heterocycles. The quantitative estimate of drug-likeness (QED) is 0.675. The first kappa shape index (κ1) is 20.7. The van der Waals surface area contributed by atoms with E-state index >= 15 is 0 Å². The number of nitrogens with zero attached hydrogens (tertiary/aromatic N) is 3. The molecule has 31 heavy (non-hydrogen) atoms. The molecule has 0 spiro atoms. The molecule has 6 nitrogen and oxygen atoms in total. The second-order valence-corrected chi connectivity index (χ2v) is 8.49. The number of hydrogen-bond acceptors (Lipinski definition) is 5. The molecule has 0 aliphatic carbocycles. The Hall–Kier alpha value is -3.54. The predicted molar refractivity (Wildman–Crippen MR) is 126 cm³/mol. The fourth-order valence-corrected chi connectivity index (χ4v) is 3.78. The minimum atomic E-state index is -1.02. The minimum Gasteiger partial charge on any atom is -0.461 e. The van der Waals surface area contributed by atoms with Crippen LogP contribution in [0.2, 0.25) is 0 Å². The molecular weight excluding hydrogens is 388 g/mol. The van der Waals surface area contributed by atoms with Crippen molar-refractivity contribution in [2.45, 2.75) is 18.9 Å². The highest BCUT2D eigenvalue weighted by molar-refractivity contribution is 5.98. The van der Waals surface area contributed by atoms with Gasteiger partial charge in [-0.15, -0.1) is 0 Å². The van der Waals surface area contributed by atoms with Crippen molar-refractivity contribution in [1.29, 1.82) is 0 Å². The lowest BCUT2D eigenvalue weighted by Crippen LogP contribution is -2.44. The second-order valence-electron chi connectivity index (χ2n) is 8.49. The maximum absolute atomic E-state index is 13.2. The van der Waals surface area contributed by atoms with Crippen LogP contribution in [0.5, 0.6) is 5.88 Å². The number of anilines is 3. The minimum absolute atomic E-state index is 0.185. The second kappa shape index (κ2) is 7.95. The lowest BCUT2D eigenvalue weighted by atomic mass is 9.93. The van der Waals surface area contributed by atoms with Crippen LogP contribution >= 0.6 is 0 Å². The largest absolute Gasteiger partial charge is 0.461 e. The first-order chi connectivity index (χ1) is 14.8. The molecule has 1 atom stereocenters. The molecule has 1 aromatic heterocycles. The molecule has 0 bridgehead atoms. The third kappa shape index (κ3) is 4.06. The Kier molecular flexibility index (Phi) is 5.31. The SMILES string of the molecule is CN(C)c1ccc(-c2ccnc3c2CC(C)(C(=O)Nc2cccc(N(C)C)c2)O3)cc1. The normalized spacial score (nSPS) is 16.9. The van der Waals surface area contributed by atoms with E-state index in [1.807, 2.05) is 70.3 Å². The van der Waals surface area contributed by atoms with Crippen LogP contribution in [0.15, 0.2) is 60.8 Å². The third-order valence-electron chi connectivity index (χ3n) is 5.65. The van der Waals surface area contributed by atoms with E-state index in [0.717, 1.165) is 33.8 Å². The highest BCUT2D eigenvalue weighted by atomic mass is 16.5. The number of nitrogens with one attached hydrogen (secondary N) is 1. The van der Waals surface area contributed by atoms with Crippen LogP contribution in [0.1, 0.15) is 12.5 Å². The fourth-order valence-electron chi connectivity index (χ4n) is 3.78. The average molecular weight is 417 g/mol. The molecule has 2 aromatic carbocycles. The van der Waals surface area contributed by atoms with E-state index < -0.39 is 5.60 Å². The Morgan fingerprint density at radius 2 is 1.71 bits per heavy atom. The third-order valence-corrected chi connectivity index (χ3v) is 5.65. The summed E-state index contributed by atoms with van der Waals surface area (Å²) in [4.78, 5) is 21.6. The van der Waals surface area contributed by atoms with Crippen LogP contribution in [0.3, 0.4) is 0 Å². The molecule has 0 radical (unpaired) electrons. The van der Waals surface area contributed by atoms with E-state index in [2.05, 4.69) is 39.5 Å². The number of fused-ring (bicyclic) bond motifs is 1. The number of carbonyl (C=O) groups excluding carboxylic acids is 1. The number of benzene rings is 2. The number of carbonyl (C=O) groups is 1. The number of rotatable bonds is 5. The zero-order valence-electron chi connectivity index (χ0n) is 18.6. The Morgan fingerprint density at radius 3 is 2.39 bits per heavy atom. The molecule has 1 aliphatic heterocycles. The van der Waals surface area contributed by atoms with Gasteiger partial charge in [0, 0.05) is 63.4 Å². The van der Waals surface area contributed by atoms with Crippen molar-refractivity contribution >= 4 is 23.0 Å². The van der Waals surface area contributed by atoms with Crippen LogP contribution in [-0.2, 0) is 11.2 Å². The van der Waals surface area contributed by atoms with Crippen LogP contribution in [0.4, 0.5) is 17.1 Å². The van der Waals surface area contributed by atoms with Crippen molar-refractivity contribution in [1.82, 2.24) is 4.98 Å². The summed E-state index contributed by atoms with van der Waals surface area (Å²) in [5.41, 5.74) is 4.95. The maximum Gasteiger partial charge on any atom is 0.268 e. The number of pyridine rings is 1. The zero-order chi connectivity index (χ0) is 22.2. The summed E-state index contributed by atoms with van der Waals surface area (Å²) in [5, 5.41) is 3.01. The van der Waals surface area contributed by atoms with Gasteiger partial charge in [-0.3, -0.25) is 4.79 Å². The molecule has 1 amide bonds. The molecule has 160 valence electrons. The zero-order valence-corrected chi connectivity index (χ0v) is 18.6. The summed E-state index contributed by atoms with van der Waals surface area (Å²) < 4.78 is 6.09. The van der Waals surface area contributed by atoms with Crippen LogP contribution in [0, 0.1) is 0 Å². The summed E-state index contributed by atoms with van der Waals surface area (Å²) in [6.45, 7) is 1.82. The topological polar surface area (TPSA) is 57.7 Å². The van der Waals surface area contributed by atoms with Gasteiger partial charge in [0.15, 0.2) is 5.60 Å². The molecule has 4 rings (SSSR count). The van der Waals surface area contributed by atoms with Gasteiger partial charge in [0.2, 0.25) is 5.88 Å². The molecule has 6 heteroatoms. The van der Waals surface area contributed by atoms with E-state index in [-0.39, 0.29) is 5.91 Å². The van der Waals surface area contributed by atoms with Crippen molar-refractivity contribution in [3.8, 4) is 17.0 Å². The number of aromatic nitrogens is 1.